The number of anilines is 2. The predicted octanol–water partition coefficient (Wildman–Crippen LogP) is 2.76. The summed E-state index contributed by atoms with van der Waals surface area (Å²) in [5.41, 5.74) is 0.503. The molecule has 2 N–H and O–H groups in total. The van der Waals surface area contributed by atoms with Crippen molar-refractivity contribution in [2.75, 3.05) is 23.7 Å². The zero-order valence-corrected chi connectivity index (χ0v) is 11.0. The summed E-state index contributed by atoms with van der Waals surface area (Å²) < 4.78 is 0. The van der Waals surface area contributed by atoms with E-state index >= 15 is 0 Å². The molecule has 4 heteroatoms. The second kappa shape index (κ2) is 4.90. The monoisotopic (exact) mass is 234 g/mol. The molecule has 1 heterocycles. The molecule has 0 unspecified atom stereocenters. The molecular formula is C13H22N4. The minimum absolute atomic E-state index is 0.503. The van der Waals surface area contributed by atoms with E-state index in [-0.39, 0.29) is 0 Å². The van der Waals surface area contributed by atoms with Gasteiger partial charge in [0.15, 0.2) is 0 Å². The van der Waals surface area contributed by atoms with Crippen LogP contribution in [-0.4, -0.2) is 23.1 Å². The summed E-state index contributed by atoms with van der Waals surface area (Å²) in [4.78, 5) is 8.41. The lowest BCUT2D eigenvalue weighted by molar-refractivity contribution is 0.380. The first-order valence-corrected chi connectivity index (χ1v) is 6.46. The molecule has 0 aromatic carbocycles. The van der Waals surface area contributed by atoms with E-state index in [0.717, 1.165) is 30.6 Å². The van der Waals surface area contributed by atoms with Gasteiger partial charge in [-0.3, -0.25) is 0 Å². The Labute approximate surface area is 103 Å². The largest absolute Gasteiger partial charge is 0.370 e. The lowest BCUT2D eigenvalue weighted by Crippen LogP contribution is -2.21. The van der Waals surface area contributed by atoms with Gasteiger partial charge in [0.1, 0.15) is 18.0 Å². The Bertz CT molecular complexity index is 371. The molecule has 0 amide bonds. The Balaban J connectivity index is 1.93. The van der Waals surface area contributed by atoms with Crippen LogP contribution in [0.3, 0.4) is 0 Å². The molecule has 0 atom stereocenters. The van der Waals surface area contributed by atoms with E-state index in [4.69, 9.17) is 0 Å². The molecular weight excluding hydrogens is 212 g/mol. The highest BCUT2D eigenvalue weighted by Crippen LogP contribution is 2.51. The van der Waals surface area contributed by atoms with Gasteiger partial charge in [-0.15, -0.1) is 0 Å². The average Bonchev–Trinajstić information content (AvgIpc) is 3.08. The molecule has 17 heavy (non-hydrogen) atoms. The fourth-order valence-electron chi connectivity index (χ4n) is 2.12. The maximum Gasteiger partial charge on any atom is 0.131 e. The third-order valence-electron chi connectivity index (χ3n) is 3.76. The van der Waals surface area contributed by atoms with Crippen molar-refractivity contribution in [3.63, 3.8) is 0 Å². The second-order valence-electron chi connectivity index (χ2n) is 5.19. The standard InChI is InChI=1S/C13H22N4/c1-4-14-11-7-12(17-9-16-11)15-8-13(5-6-13)10(2)3/h7,9-10H,4-6,8H2,1-3H3,(H2,14,15,16,17). The fourth-order valence-corrected chi connectivity index (χ4v) is 2.12. The molecule has 0 saturated heterocycles. The molecule has 1 aromatic rings. The van der Waals surface area contributed by atoms with Crippen molar-refractivity contribution < 1.29 is 0 Å². The van der Waals surface area contributed by atoms with E-state index in [1.54, 1.807) is 6.33 Å². The zero-order chi connectivity index (χ0) is 12.3. The summed E-state index contributed by atoms with van der Waals surface area (Å²) in [5, 5.41) is 6.63. The van der Waals surface area contributed by atoms with Gasteiger partial charge in [-0.2, -0.15) is 0 Å². The Morgan fingerprint density at radius 2 is 1.88 bits per heavy atom. The van der Waals surface area contributed by atoms with E-state index < -0.39 is 0 Å². The molecule has 1 aliphatic carbocycles. The molecule has 4 nitrogen and oxygen atoms in total. The number of aromatic nitrogens is 2. The number of rotatable bonds is 6. The minimum atomic E-state index is 0.503. The fraction of sp³-hybridized carbons (Fsp3) is 0.692. The van der Waals surface area contributed by atoms with Crippen LogP contribution in [0, 0.1) is 11.3 Å². The SMILES string of the molecule is CCNc1cc(NCC2(C(C)C)CC2)ncn1. The van der Waals surface area contributed by atoms with E-state index in [0.29, 0.717) is 5.41 Å². The first kappa shape index (κ1) is 12.1. The van der Waals surface area contributed by atoms with Crippen molar-refractivity contribution in [3.8, 4) is 0 Å². The maximum absolute atomic E-state index is 4.25. The van der Waals surface area contributed by atoms with Crippen LogP contribution < -0.4 is 10.6 Å². The number of hydrogen-bond acceptors (Lipinski definition) is 4. The van der Waals surface area contributed by atoms with Crippen LogP contribution in [0.25, 0.3) is 0 Å². The summed E-state index contributed by atoms with van der Waals surface area (Å²) in [6.07, 6.45) is 4.28. The van der Waals surface area contributed by atoms with Gasteiger partial charge in [-0.05, 0) is 31.1 Å². The molecule has 1 aromatic heterocycles. The highest BCUT2D eigenvalue weighted by atomic mass is 15.1. The topological polar surface area (TPSA) is 49.8 Å². The highest BCUT2D eigenvalue weighted by Gasteiger charge is 2.44. The second-order valence-corrected chi connectivity index (χ2v) is 5.19. The Kier molecular flexibility index (Phi) is 3.50. The molecule has 2 rings (SSSR count). The van der Waals surface area contributed by atoms with Gasteiger partial charge in [0.2, 0.25) is 0 Å². The van der Waals surface area contributed by atoms with Gasteiger partial charge in [0.05, 0.1) is 0 Å². The zero-order valence-electron chi connectivity index (χ0n) is 11.0. The lowest BCUT2D eigenvalue weighted by atomic mass is 9.92. The molecule has 1 aliphatic rings. The quantitative estimate of drug-likeness (QED) is 0.794. The van der Waals surface area contributed by atoms with Gasteiger partial charge in [0, 0.05) is 19.2 Å². The van der Waals surface area contributed by atoms with E-state index in [1.165, 1.54) is 12.8 Å². The summed E-state index contributed by atoms with van der Waals surface area (Å²) in [6, 6.07) is 1.97. The number of nitrogens with zero attached hydrogens (tertiary/aromatic N) is 2. The Hall–Kier alpha value is -1.32. The first-order valence-electron chi connectivity index (χ1n) is 6.46. The van der Waals surface area contributed by atoms with E-state index in [1.807, 2.05) is 6.07 Å². The third kappa shape index (κ3) is 2.87. The van der Waals surface area contributed by atoms with Crippen molar-refractivity contribution in [1.29, 1.82) is 0 Å². The molecule has 0 bridgehead atoms. The Morgan fingerprint density at radius 3 is 2.41 bits per heavy atom. The van der Waals surface area contributed by atoms with Crippen LogP contribution in [0.1, 0.15) is 33.6 Å². The normalized spacial score (nSPS) is 16.9. The number of hydrogen-bond donors (Lipinski definition) is 2. The molecule has 1 saturated carbocycles. The Morgan fingerprint density at radius 1 is 1.24 bits per heavy atom. The summed E-state index contributed by atoms with van der Waals surface area (Å²) in [6.45, 7) is 8.57. The van der Waals surface area contributed by atoms with Gasteiger partial charge < -0.3 is 10.6 Å². The van der Waals surface area contributed by atoms with Crippen LogP contribution >= 0.6 is 0 Å². The first-order chi connectivity index (χ1) is 8.16. The van der Waals surface area contributed by atoms with Crippen LogP contribution in [0.2, 0.25) is 0 Å². The molecule has 0 radical (unpaired) electrons. The third-order valence-corrected chi connectivity index (χ3v) is 3.76. The average molecular weight is 234 g/mol. The highest BCUT2D eigenvalue weighted by molar-refractivity contribution is 5.46. The molecule has 94 valence electrons. The van der Waals surface area contributed by atoms with Crippen molar-refractivity contribution in [1.82, 2.24) is 9.97 Å². The van der Waals surface area contributed by atoms with Crippen molar-refractivity contribution in [3.05, 3.63) is 12.4 Å². The number of nitrogens with one attached hydrogen (secondary N) is 2. The van der Waals surface area contributed by atoms with Crippen LogP contribution in [0.5, 0.6) is 0 Å². The van der Waals surface area contributed by atoms with Crippen molar-refractivity contribution in [2.45, 2.75) is 33.6 Å². The maximum atomic E-state index is 4.25. The molecule has 0 spiro atoms. The van der Waals surface area contributed by atoms with Crippen molar-refractivity contribution >= 4 is 11.6 Å². The van der Waals surface area contributed by atoms with Crippen LogP contribution in [0.4, 0.5) is 11.6 Å². The van der Waals surface area contributed by atoms with E-state index in [2.05, 4.69) is 41.4 Å². The predicted molar refractivity (Wildman–Crippen MR) is 71.2 cm³/mol. The van der Waals surface area contributed by atoms with E-state index in [9.17, 15) is 0 Å². The summed E-state index contributed by atoms with van der Waals surface area (Å²) in [5.74, 6) is 2.55. The summed E-state index contributed by atoms with van der Waals surface area (Å²) in [7, 11) is 0. The van der Waals surface area contributed by atoms with Gasteiger partial charge in [-0.25, -0.2) is 9.97 Å². The van der Waals surface area contributed by atoms with Gasteiger partial charge >= 0.3 is 0 Å². The van der Waals surface area contributed by atoms with Crippen LogP contribution in [-0.2, 0) is 0 Å². The smallest absolute Gasteiger partial charge is 0.131 e. The molecule has 1 fully saturated rings. The van der Waals surface area contributed by atoms with Gasteiger partial charge in [0.25, 0.3) is 0 Å². The van der Waals surface area contributed by atoms with Crippen LogP contribution in [0.15, 0.2) is 12.4 Å². The van der Waals surface area contributed by atoms with Crippen molar-refractivity contribution in [2.24, 2.45) is 11.3 Å². The van der Waals surface area contributed by atoms with Gasteiger partial charge in [-0.1, -0.05) is 13.8 Å². The lowest BCUT2D eigenvalue weighted by Gasteiger charge is -2.20. The summed E-state index contributed by atoms with van der Waals surface area (Å²) >= 11 is 0. The minimum Gasteiger partial charge on any atom is -0.370 e. The molecule has 0 aliphatic heterocycles.